The zero-order chi connectivity index (χ0) is 22.5. The van der Waals surface area contributed by atoms with Gasteiger partial charge in [0.25, 0.3) is 0 Å². The highest BCUT2D eigenvalue weighted by atomic mass is 19.1. The molecule has 0 atom stereocenters. The molecule has 1 aromatic carbocycles. The molecule has 1 N–H and O–H groups in total. The number of hydrogen-bond donors (Lipinski definition) is 1. The first kappa shape index (κ1) is 22.1. The summed E-state index contributed by atoms with van der Waals surface area (Å²) in [5.74, 6) is 0.890. The van der Waals surface area contributed by atoms with E-state index >= 15 is 0 Å². The van der Waals surface area contributed by atoms with Crippen LogP contribution in [-0.4, -0.2) is 72.0 Å². The lowest BCUT2D eigenvalue weighted by Gasteiger charge is -2.36. The molecule has 2 aromatic heterocycles. The van der Waals surface area contributed by atoms with Crippen LogP contribution in [-0.2, 0) is 13.0 Å². The Labute approximate surface area is 188 Å². The number of aryl methyl sites for hydroxylation is 1. The van der Waals surface area contributed by atoms with Gasteiger partial charge < -0.3 is 19.4 Å². The second-order valence-corrected chi connectivity index (χ2v) is 8.11. The van der Waals surface area contributed by atoms with Crippen molar-refractivity contribution in [2.24, 2.45) is 4.99 Å². The van der Waals surface area contributed by atoms with Gasteiger partial charge in [0, 0.05) is 65.1 Å². The number of rotatable bonds is 6. The molecule has 3 heterocycles. The fraction of sp³-hybridized carbons (Fsp3) is 0.417. The summed E-state index contributed by atoms with van der Waals surface area (Å²) >= 11 is 0. The minimum Gasteiger partial charge on any atom is -0.494 e. The number of hydrogen-bond acceptors (Lipinski definition) is 4. The quantitative estimate of drug-likeness (QED) is 0.474. The van der Waals surface area contributed by atoms with Gasteiger partial charge in [0.15, 0.2) is 17.5 Å². The summed E-state index contributed by atoms with van der Waals surface area (Å²) in [5, 5.41) is 3.48. The predicted octanol–water partition coefficient (Wildman–Crippen LogP) is 2.73. The van der Waals surface area contributed by atoms with Crippen LogP contribution < -0.4 is 10.1 Å². The Hall–Kier alpha value is -3.13. The molecule has 1 fully saturated rings. The van der Waals surface area contributed by atoms with Crippen LogP contribution >= 0.6 is 0 Å². The smallest absolute Gasteiger partial charge is 0.193 e. The van der Waals surface area contributed by atoms with E-state index in [1.165, 1.54) is 12.7 Å². The maximum Gasteiger partial charge on any atom is 0.193 e. The zero-order valence-electron chi connectivity index (χ0n) is 19.0. The average molecular weight is 439 g/mol. The Kier molecular flexibility index (Phi) is 6.90. The molecule has 170 valence electrons. The molecule has 0 unspecified atom stereocenters. The molecular formula is C24H31FN6O. The third kappa shape index (κ3) is 5.02. The molecule has 1 aliphatic rings. The third-order valence-electron chi connectivity index (χ3n) is 5.90. The molecule has 7 nitrogen and oxygen atoms in total. The molecule has 0 radical (unpaired) electrons. The number of aromatic nitrogens is 2. The number of aliphatic imine (C=N–C) groups is 1. The number of nitrogens with one attached hydrogen (secondary N) is 1. The van der Waals surface area contributed by atoms with Gasteiger partial charge in [-0.05, 0) is 36.2 Å². The zero-order valence-corrected chi connectivity index (χ0v) is 19.0. The number of fused-ring (bicyclic) bond motifs is 1. The maximum atomic E-state index is 14.0. The number of guanidine groups is 1. The van der Waals surface area contributed by atoms with Crippen molar-refractivity contribution in [3.8, 4) is 5.75 Å². The van der Waals surface area contributed by atoms with Crippen molar-refractivity contribution in [2.75, 3.05) is 46.9 Å². The second kappa shape index (κ2) is 9.99. The fourth-order valence-electron chi connectivity index (χ4n) is 4.14. The molecule has 1 saturated heterocycles. The van der Waals surface area contributed by atoms with Crippen LogP contribution in [0.2, 0.25) is 0 Å². The van der Waals surface area contributed by atoms with Crippen molar-refractivity contribution in [3.05, 3.63) is 65.4 Å². The molecular weight excluding hydrogens is 407 g/mol. The summed E-state index contributed by atoms with van der Waals surface area (Å²) in [6.07, 6.45) is 4.96. The van der Waals surface area contributed by atoms with E-state index in [9.17, 15) is 4.39 Å². The summed E-state index contributed by atoms with van der Waals surface area (Å²) in [5.41, 5.74) is 4.22. The predicted molar refractivity (Wildman–Crippen MR) is 125 cm³/mol. The molecule has 4 rings (SSSR count). The van der Waals surface area contributed by atoms with Crippen LogP contribution in [0.15, 0.2) is 47.7 Å². The standard InChI is InChI=1S/C24H31FN6O/c1-18-5-4-10-31-17-20(28-23(18)31)8-9-27-24(26-2)30-13-11-29(12-14-30)16-19-6-7-22(32-3)21(25)15-19/h4-7,10,15,17H,8-9,11-14,16H2,1-3H3,(H,26,27). The lowest BCUT2D eigenvalue weighted by atomic mass is 10.2. The number of imidazole rings is 1. The van der Waals surface area contributed by atoms with E-state index in [1.54, 1.807) is 12.1 Å². The van der Waals surface area contributed by atoms with Crippen molar-refractivity contribution in [3.63, 3.8) is 0 Å². The van der Waals surface area contributed by atoms with Crippen LogP contribution in [0.25, 0.3) is 5.65 Å². The van der Waals surface area contributed by atoms with E-state index in [4.69, 9.17) is 9.72 Å². The molecule has 3 aromatic rings. The van der Waals surface area contributed by atoms with Gasteiger partial charge in [-0.15, -0.1) is 0 Å². The summed E-state index contributed by atoms with van der Waals surface area (Å²) in [6.45, 7) is 7.16. The van der Waals surface area contributed by atoms with E-state index < -0.39 is 0 Å². The highest BCUT2D eigenvalue weighted by Gasteiger charge is 2.20. The molecule has 32 heavy (non-hydrogen) atoms. The van der Waals surface area contributed by atoms with Crippen molar-refractivity contribution < 1.29 is 9.13 Å². The molecule has 1 aliphatic heterocycles. The van der Waals surface area contributed by atoms with Gasteiger partial charge in [-0.25, -0.2) is 9.37 Å². The Morgan fingerprint density at radius 3 is 2.72 bits per heavy atom. The number of halogens is 1. The number of ether oxygens (including phenoxy) is 1. The third-order valence-corrected chi connectivity index (χ3v) is 5.90. The monoisotopic (exact) mass is 438 g/mol. The first-order valence-corrected chi connectivity index (χ1v) is 11.0. The molecule has 0 aliphatic carbocycles. The van der Waals surface area contributed by atoms with E-state index in [0.717, 1.165) is 68.6 Å². The van der Waals surface area contributed by atoms with Crippen LogP contribution in [0, 0.1) is 12.7 Å². The van der Waals surface area contributed by atoms with Gasteiger partial charge in [0.05, 0.1) is 12.8 Å². The summed E-state index contributed by atoms with van der Waals surface area (Å²) in [6, 6.07) is 9.30. The van der Waals surface area contributed by atoms with Gasteiger partial charge >= 0.3 is 0 Å². The fourth-order valence-corrected chi connectivity index (χ4v) is 4.14. The lowest BCUT2D eigenvalue weighted by molar-refractivity contribution is 0.172. The first-order chi connectivity index (χ1) is 15.6. The molecule has 8 heteroatoms. The number of pyridine rings is 1. The normalized spacial score (nSPS) is 15.4. The molecule has 0 saturated carbocycles. The topological polar surface area (TPSA) is 57.4 Å². The number of piperazine rings is 1. The second-order valence-electron chi connectivity index (χ2n) is 8.11. The van der Waals surface area contributed by atoms with Gasteiger partial charge in [0.1, 0.15) is 5.65 Å². The molecule has 0 amide bonds. The van der Waals surface area contributed by atoms with Gasteiger partial charge in [-0.1, -0.05) is 12.1 Å². The minimum atomic E-state index is -0.311. The van der Waals surface area contributed by atoms with Crippen LogP contribution in [0.4, 0.5) is 4.39 Å². The largest absolute Gasteiger partial charge is 0.494 e. The Morgan fingerprint density at radius 1 is 1.22 bits per heavy atom. The maximum absolute atomic E-state index is 14.0. The SMILES string of the molecule is CN=C(NCCc1cn2cccc(C)c2n1)N1CCN(Cc2ccc(OC)c(F)c2)CC1. The van der Waals surface area contributed by atoms with Crippen molar-refractivity contribution in [2.45, 2.75) is 19.9 Å². The Morgan fingerprint density at radius 2 is 2.03 bits per heavy atom. The van der Waals surface area contributed by atoms with E-state index in [1.807, 2.05) is 25.4 Å². The number of methoxy groups -OCH3 is 1. The molecule has 0 bridgehead atoms. The highest BCUT2D eigenvalue weighted by Crippen LogP contribution is 2.19. The van der Waals surface area contributed by atoms with Crippen LogP contribution in [0.1, 0.15) is 16.8 Å². The van der Waals surface area contributed by atoms with E-state index in [-0.39, 0.29) is 11.6 Å². The van der Waals surface area contributed by atoms with Crippen LogP contribution in [0.3, 0.4) is 0 Å². The highest BCUT2D eigenvalue weighted by molar-refractivity contribution is 5.80. The summed E-state index contributed by atoms with van der Waals surface area (Å²) in [7, 11) is 3.31. The summed E-state index contributed by atoms with van der Waals surface area (Å²) < 4.78 is 21.0. The van der Waals surface area contributed by atoms with Crippen molar-refractivity contribution in [1.29, 1.82) is 0 Å². The first-order valence-electron chi connectivity index (χ1n) is 11.0. The summed E-state index contributed by atoms with van der Waals surface area (Å²) in [4.78, 5) is 13.8. The van der Waals surface area contributed by atoms with Crippen molar-refractivity contribution in [1.82, 2.24) is 24.5 Å². The lowest BCUT2D eigenvalue weighted by Crippen LogP contribution is -2.52. The number of benzene rings is 1. The molecule has 0 spiro atoms. The number of nitrogens with zero attached hydrogens (tertiary/aromatic N) is 5. The van der Waals surface area contributed by atoms with E-state index in [2.05, 4.69) is 43.7 Å². The van der Waals surface area contributed by atoms with Gasteiger partial charge in [-0.3, -0.25) is 9.89 Å². The van der Waals surface area contributed by atoms with Crippen molar-refractivity contribution >= 4 is 11.6 Å². The van der Waals surface area contributed by atoms with E-state index in [0.29, 0.717) is 0 Å². The minimum absolute atomic E-state index is 0.284. The van der Waals surface area contributed by atoms with Gasteiger partial charge in [-0.2, -0.15) is 0 Å². The van der Waals surface area contributed by atoms with Crippen LogP contribution in [0.5, 0.6) is 5.75 Å². The Bertz CT molecular complexity index is 1090. The van der Waals surface area contributed by atoms with Gasteiger partial charge in [0.2, 0.25) is 0 Å². The Balaban J connectivity index is 1.25. The average Bonchev–Trinajstić information content (AvgIpc) is 3.22.